The maximum absolute atomic E-state index is 12.6. The van der Waals surface area contributed by atoms with E-state index in [-0.39, 0.29) is 24.4 Å². The first-order valence-electron chi connectivity index (χ1n) is 8.28. The average Bonchev–Trinajstić information content (AvgIpc) is 2.74. The summed E-state index contributed by atoms with van der Waals surface area (Å²) in [5, 5.41) is 11.8. The molecule has 2 heterocycles. The van der Waals surface area contributed by atoms with Gasteiger partial charge >= 0.3 is 6.03 Å². The number of rotatable bonds is 6. The number of imide groups is 1. The van der Waals surface area contributed by atoms with Gasteiger partial charge in [-0.25, -0.2) is 4.79 Å². The molecule has 2 saturated heterocycles. The highest BCUT2D eigenvalue weighted by Gasteiger charge is 2.52. The van der Waals surface area contributed by atoms with Crippen LogP contribution in [0.1, 0.15) is 46.0 Å². The molecule has 0 radical (unpaired) electrons. The van der Waals surface area contributed by atoms with Gasteiger partial charge < -0.3 is 10.2 Å². The largest absolute Gasteiger partial charge is 0.325 e. The van der Waals surface area contributed by atoms with Crippen LogP contribution in [0.25, 0.3) is 0 Å². The van der Waals surface area contributed by atoms with E-state index in [9.17, 15) is 9.59 Å². The van der Waals surface area contributed by atoms with Gasteiger partial charge in [0.25, 0.3) is 5.91 Å². The molecular formula is C16H26N4O2. The van der Waals surface area contributed by atoms with Crippen molar-refractivity contribution in [3.8, 4) is 6.07 Å². The van der Waals surface area contributed by atoms with E-state index in [4.69, 9.17) is 5.26 Å². The Balaban J connectivity index is 1.92. The van der Waals surface area contributed by atoms with Crippen molar-refractivity contribution in [1.82, 2.24) is 15.1 Å². The van der Waals surface area contributed by atoms with E-state index in [1.165, 1.54) is 24.2 Å². The molecular weight excluding hydrogens is 280 g/mol. The first kappa shape index (κ1) is 16.8. The number of nitrogens with zero attached hydrogens (tertiary/aromatic N) is 3. The Morgan fingerprint density at radius 2 is 2.00 bits per heavy atom. The maximum Gasteiger partial charge on any atom is 0.325 e. The molecule has 0 aliphatic carbocycles. The molecule has 2 rings (SSSR count). The molecule has 0 aromatic carbocycles. The smallest absolute Gasteiger partial charge is 0.323 e. The molecule has 0 bridgehead atoms. The molecule has 22 heavy (non-hydrogen) atoms. The Kier molecular flexibility index (Phi) is 5.41. The van der Waals surface area contributed by atoms with Gasteiger partial charge in [-0.05, 0) is 32.7 Å². The third-order valence-electron chi connectivity index (χ3n) is 4.71. The summed E-state index contributed by atoms with van der Waals surface area (Å²) in [6.45, 7) is 6.86. The van der Waals surface area contributed by atoms with Crippen LogP contribution in [0, 0.1) is 17.2 Å². The molecule has 1 spiro atoms. The minimum atomic E-state index is -0.729. The predicted octanol–water partition coefficient (Wildman–Crippen LogP) is 1.72. The number of piperidine rings is 1. The number of hydrogen-bond acceptors (Lipinski definition) is 4. The van der Waals surface area contributed by atoms with Crippen molar-refractivity contribution in [3.63, 3.8) is 0 Å². The summed E-state index contributed by atoms with van der Waals surface area (Å²) in [6, 6.07) is 1.74. The lowest BCUT2D eigenvalue weighted by molar-refractivity contribution is -0.133. The number of hydrogen-bond donors (Lipinski definition) is 1. The first-order chi connectivity index (χ1) is 10.5. The lowest BCUT2D eigenvalue weighted by atomic mass is 9.87. The van der Waals surface area contributed by atoms with Gasteiger partial charge in [0.1, 0.15) is 5.54 Å². The number of carbonyl (C=O) groups excluding carboxylic acids is 2. The third kappa shape index (κ3) is 3.41. The van der Waals surface area contributed by atoms with Crippen LogP contribution in [-0.4, -0.2) is 53.5 Å². The molecule has 1 unspecified atom stereocenters. The van der Waals surface area contributed by atoms with Gasteiger partial charge in [-0.2, -0.15) is 5.26 Å². The summed E-state index contributed by atoms with van der Waals surface area (Å²) >= 11 is 0. The van der Waals surface area contributed by atoms with Crippen LogP contribution >= 0.6 is 0 Å². The zero-order valence-electron chi connectivity index (χ0n) is 13.6. The Bertz CT molecular complexity index is 463. The Morgan fingerprint density at radius 1 is 1.32 bits per heavy atom. The number of nitriles is 1. The van der Waals surface area contributed by atoms with Crippen LogP contribution in [0.3, 0.4) is 0 Å². The van der Waals surface area contributed by atoms with E-state index in [0.717, 1.165) is 19.6 Å². The standard InChI is InChI=1S/C16H26N4O2/c1-3-4-5-8-19-9-6-16(7-10-19)14(21)20(15(22)18-16)12-13(2)11-17/h13H,3-10,12H2,1-2H3,(H,18,22). The summed E-state index contributed by atoms with van der Waals surface area (Å²) in [5.41, 5.74) is -0.729. The van der Waals surface area contributed by atoms with Gasteiger partial charge in [0, 0.05) is 19.6 Å². The van der Waals surface area contributed by atoms with E-state index >= 15 is 0 Å². The second-order valence-electron chi connectivity index (χ2n) is 6.51. The highest BCUT2D eigenvalue weighted by atomic mass is 16.2. The monoisotopic (exact) mass is 306 g/mol. The van der Waals surface area contributed by atoms with Crippen LogP contribution in [0.5, 0.6) is 0 Å². The van der Waals surface area contributed by atoms with Crippen LogP contribution in [0.15, 0.2) is 0 Å². The summed E-state index contributed by atoms with van der Waals surface area (Å²) < 4.78 is 0. The Hall–Kier alpha value is -1.61. The second-order valence-corrected chi connectivity index (χ2v) is 6.51. The number of urea groups is 1. The fraction of sp³-hybridized carbons (Fsp3) is 0.812. The molecule has 2 fully saturated rings. The van der Waals surface area contributed by atoms with E-state index in [0.29, 0.717) is 12.8 Å². The number of unbranched alkanes of at least 4 members (excludes halogenated alkanes) is 2. The molecule has 0 aromatic rings. The molecule has 1 N–H and O–H groups in total. The van der Waals surface area contributed by atoms with Crippen molar-refractivity contribution in [1.29, 1.82) is 5.26 Å². The topological polar surface area (TPSA) is 76.4 Å². The molecule has 0 aromatic heterocycles. The molecule has 6 heteroatoms. The zero-order chi connectivity index (χ0) is 16.2. The Morgan fingerprint density at radius 3 is 2.59 bits per heavy atom. The number of amides is 3. The Labute approximate surface area is 132 Å². The van der Waals surface area contributed by atoms with Gasteiger partial charge in [0.2, 0.25) is 0 Å². The van der Waals surface area contributed by atoms with Crippen molar-refractivity contribution in [2.24, 2.45) is 5.92 Å². The fourth-order valence-corrected chi connectivity index (χ4v) is 3.24. The minimum Gasteiger partial charge on any atom is -0.323 e. The highest BCUT2D eigenvalue weighted by Crippen LogP contribution is 2.30. The van der Waals surface area contributed by atoms with Gasteiger partial charge in [-0.3, -0.25) is 9.69 Å². The molecule has 0 saturated carbocycles. The first-order valence-corrected chi connectivity index (χ1v) is 8.28. The molecule has 1 atom stereocenters. The van der Waals surface area contributed by atoms with Crippen molar-refractivity contribution in [2.75, 3.05) is 26.2 Å². The predicted molar refractivity (Wildman–Crippen MR) is 83.0 cm³/mol. The SMILES string of the molecule is CCCCCN1CCC2(CC1)NC(=O)N(CC(C)C#N)C2=O. The number of nitrogens with one attached hydrogen (secondary N) is 1. The van der Waals surface area contributed by atoms with Crippen molar-refractivity contribution >= 4 is 11.9 Å². The van der Waals surface area contributed by atoms with Crippen LogP contribution in [0.2, 0.25) is 0 Å². The van der Waals surface area contributed by atoms with E-state index in [2.05, 4.69) is 23.2 Å². The highest BCUT2D eigenvalue weighted by molar-refractivity contribution is 6.07. The van der Waals surface area contributed by atoms with Crippen LogP contribution < -0.4 is 5.32 Å². The summed E-state index contributed by atoms with van der Waals surface area (Å²) in [6.07, 6.45) is 4.97. The quantitative estimate of drug-likeness (QED) is 0.599. The van der Waals surface area contributed by atoms with E-state index in [1.807, 2.05) is 0 Å². The van der Waals surface area contributed by atoms with Crippen molar-refractivity contribution in [2.45, 2.75) is 51.5 Å². The van der Waals surface area contributed by atoms with E-state index < -0.39 is 5.54 Å². The number of carbonyl (C=O) groups is 2. The van der Waals surface area contributed by atoms with Gasteiger partial charge in [-0.15, -0.1) is 0 Å². The van der Waals surface area contributed by atoms with E-state index in [1.54, 1.807) is 6.92 Å². The molecule has 122 valence electrons. The molecule has 3 amide bonds. The van der Waals surface area contributed by atoms with Crippen LogP contribution in [-0.2, 0) is 4.79 Å². The minimum absolute atomic E-state index is 0.146. The van der Waals surface area contributed by atoms with Crippen LogP contribution in [0.4, 0.5) is 4.79 Å². The zero-order valence-corrected chi connectivity index (χ0v) is 13.6. The maximum atomic E-state index is 12.6. The average molecular weight is 306 g/mol. The van der Waals surface area contributed by atoms with Crippen molar-refractivity contribution in [3.05, 3.63) is 0 Å². The fourth-order valence-electron chi connectivity index (χ4n) is 3.24. The molecule has 2 aliphatic heterocycles. The lowest BCUT2D eigenvalue weighted by Crippen LogP contribution is -2.55. The summed E-state index contributed by atoms with van der Waals surface area (Å²) in [4.78, 5) is 28.3. The molecule has 6 nitrogen and oxygen atoms in total. The summed E-state index contributed by atoms with van der Waals surface area (Å²) in [5.74, 6) is -0.480. The lowest BCUT2D eigenvalue weighted by Gasteiger charge is -2.37. The summed E-state index contributed by atoms with van der Waals surface area (Å²) in [7, 11) is 0. The van der Waals surface area contributed by atoms with Gasteiger partial charge in [0.15, 0.2) is 0 Å². The normalized spacial score (nSPS) is 22.7. The van der Waals surface area contributed by atoms with Crippen molar-refractivity contribution < 1.29 is 9.59 Å². The second kappa shape index (κ2) is 7.10. The molecule has 2 aliphatic rings. The number of likely N-dealkylation sites (tertiary alicyclic amines) is 1. The van der Waals surface area contributed by atoms with Gasteiger partial charge in [0.05, 0.1) is 12.0 Å². The third-order valence-corrected chi connectivity index (χ3v) is 4.71. The van der Waals surface area contributed by atoms with Gasteiger partial charge in [-0.1, -0.05) is 19.8 Å².